The zero-order chi connectivity index (χ0) is 20.5. The van der Waals surface area contributed by atoms with Crippen LogP contribution in [0.25, 0.3) is 10.2 Å². The first kappa shape index (κ1) is 19.4. The molecule has 1 saturated heterocycles. The smallest absolute Gasteiger partial charge is 0.223 e. The Hall–Kier alpha value is -2.58. The van der Waals surface area contributed by atoms with Crippen molar-refractivity contribution in [2.75, 3.05) is 25.5 Å². The van der Waals surface area contributed by atoms with Gasteiger partial charge in [0.15, 0.2) is 0 Å². The summed E-state index contributed by atoms with van der Waals surface area (Å²) in [5.41, 5.74) is 3.15. The molecule has 1 aromatic carbocycles. The molecule has 1 fully saturated rings. The van der Waals surface area contributed by atoms with Crippen molar-refractivity contribution in [1.29, 1.82) is 0 Å². The highest BCUT2D eigenvalue weighted by atomic mass is 32.1. The predicted molar refractivity (Wildman–Crippen MR) is 119 cm³/mol. The van der Waals surface area contributed by atoms with Crippen molar-refractivity contribution in [2.45, 2.75) is 44.7 Å². The van der Waals surface area contributed by atoms with Crippen LogP contribution >= 0.6 is 11.3 Å². The predicted octanol–water partition coefficient (Wildman–Crippen LogP) is 3.07. The van der Waals surface area contributed by atoms with Gasteiger partial charge in [-0.2, -0.15) is 0 Å². The van der Waals surface area contributed by atoms with Crippen molar-refractivity contribution in [3.63, 3.8) is 0 Å². The van der Waals surface area contributed by atoms with Gasteiger partial charge in [-0.3, -0.25) is 4.79 Å². The number of carbonyl (C=O) groups is 1. The number of hydrogen-bond donors (Lipinski definition) is 2. The number of nitrogens with zero attached hydrogens (tertiary/aromatic N) is 4. The molecule has 0 spiro atoms. The fourth-order valence-electron chi connectivity index (χ4n) is 4.31. The Bertz CT molecular complexity index is 1020. The number of anilines is 1. The Balaban J connectivity index is 1.28. The van der Waals surface area contributed by atoms with Gasteiger partial charge in [-0.05, 0) is 31.5 Å². The maximum Gasteiger partial charge on any atom is 0.223 e. The van der Waals surface area contributed by atoms with Gasteiger partial charge in [0, 0.05) is 38.4 Å². The standard InChI is InChI=1S/C22H26N6OS/c1-23-21-14-13-28(12-10-15(14)26-22(27-21)17-6-4-11-24-17)20(29)9-8-19-25-16-5-2-3-7-18(16)30-19/h2-3,5,7,17,24H,4,6,8-13H2,1H3,(H,23,26,27)/t17-/m0/s1. The minimum absolute atomic E-state index is 0.170. The lowest BCUT2D eigenvalue weighted by atomic mass is 10.0. The lowest BCUT2D eigenvalue weighted by Crippen LogP contribution is -2.37. The van der Waals surface area contributed by atoms with E-state index >= 15 is 0 Å². The number of nitrogens with one attached hydrogen (secondary N) is 2. The van der Waals surface area contributed by atoms with Gasteiger partial charge in [0.1, 0.15) is 11.6 Å². The molecule has 4 heterocycles. The number of carbonyl (C=O) groups excluding carboxylic acids is 1. The van der Waals surface area contributed by atoms with E-state index in [4.69, 9.17) is 9.97 Å². The molecule has 8 heteroatoms. The number of amides is 1. The first-order valence-electron chi connectivity index (χ1n) is 10.6. The Labute approximate surface area is 179 Å². The van der Waals surface area contributed by atoms with Crippen LogP contribution in [0.3, 0.4) is 0 Å². The fraction of sp³-hybridized carbons (Fsp3) is 0.455. The average Bonchev–Trinajstić information content (AvgIpc) is 3.46. The zero-order valence-corrected chi connectivity index (χ0v) is 18.0. The Morgan fingerprint density at radius 1 is 1.30 bits per heavy atom. The van der Waals surface area contributed by atoms with Crippen molar-refractivity contribution >= 4 is 33.3 Å². The molecule has 1 atom stereocenters. The van der Waals surface area contributed by atoms with E-state index in [9.17, 15) is 4.79 Å². The number of para-hydroxylation sites is 1. The highest BCUT2D eigenvalue weighted by molar-refractivity contribution is 7.18. The largest absolute Gasteiger partial charge is 0.373 e. The van der Waals surface area contributed by atoms with Crippen molar-refractivity contribution in [3.05, 3.63) is 46.4 Å². The molecule has 30 heavy (non-hydrogen) atoms. The summed E-state index contributed by atoms with van der Waals surface area (Å²) in [4.78, 5) is 29.1. The van der Waals surface area contributed by atoms with Crippen molar-refractivity contribution < 1.29 is 4.79 Å². The maximum absolute atomic E-state index is 12.9. The molecule has 7 nitrogen and oxygen atoms in total. The van der Waals surface area contributed by atoms with E-state index in [1.54, 1.807) is 11.3 Å². The molecule has 156 valence electrons. The first-order chi connectivity index (χ1) is 14.7. The van der Waals surface area contributed by atoms with Gasteiger partial charge in [-0.15, -0.1) is 11.3 Å². The van der Waals surface area contributed by atoms with Crippen LogP contribution in [0, 0.1) is 0 Å². The average molecular weight is 423 g/mol. The highest BCUT2D eigenvalue weighted by Gasteiger charge is 2.27. The summed E-state index contributed by atoms with van der Waals surface area (Å²) in [5, 5.41) is 7.73. The van der Waals surface area contributed by atoms with E-state index in [2.05, 4.69) is 21.7 Å². The molecule has 0 saturated carbocycles. The highest BCUT2D eigenvalue weighted by Crippen LogP contribution is 2.28. The van der Waals surface area contributed by atoms with Crippen molar-refractivity contribution in [3.8, 4) is 0 Å². The van der Waals surface area contributed by atoms with Crippen molar-refractivity contribution in [2.24, 2.45) is 0 Å². The van der Waals surface area contributed by atoms with E-state index in [0.29, 0.717) is 25.9 Å². The summed E-state index contributed by atoms with van der Waals surface area (Å²) in [6.07, 6.45) is 4.19. The van der Waals surface area contributed by atoms with Gasteiger partial charge in [0.05, 0.1) is 33.5 Å². The molecule has 0 radical (unpaired) electrons. The zero-order valence-electron chi connectivity index (χ0n) is 17.1. The summed E-state index contributed by atoms with van der Waals surface area (Å²) in [6.45, 7) is 2.31. The van der Waals surface area contributed by atoms with Crippen LogP contribution in [0.15, 0.2) is 24.3 Å². The molecule has 0 bridgehead atoms. The third-order valence-corrected chi connectivity index (χ3v) is 7.03. The number of thiazole rings is 1. The van der Waals surface area contributed by atoms with Crippen LogP contribution in [0.2, 0.25) is 0 Å². The molecular weight excluding hydrogens is 396 g/mol. The SMILES string of the molecule is CNc1nc([C@@H]2CCCN2)nc2c1CN(C(=O)CCc1nc3ccccc3s1)CC2. The molecular formula is C22H26N6OS. The van der Waals surface area contributed by atoms with Gasteiger partial charge in [-0.25, -0.2) is 15.0 Å². The van der Waals surface area contributed by atoms with Gasteiger partial charge in [-0.1, -0.05) is 12.1 Å². The number of aryl methyl sites for hydroxylation is 1. The molecule has 2 aliphatic heterocycles. The monoisotopic (exact) mass is 422 g/mol. The van der Waals surface area contributed by atoms with Crippen LogP contribution in [-0.2, 0) is 24.2 Å². The van der Waals surface area contributed by atoms with Gasteiger partial charge in [0.2, 0.25) is 5.91 Å². The fourth-order valence-corrected chi connectivity index (χ4v) is 5.28. The van der Waals surface area contributed by atoms with E-state index < -0.39 is 0 Å². The summed E-state index contributed by atoms with van der Waals surface area (Å²) in [7, 11) is 1.89. The molecule has 1 amide bonds. The summed E-state index contributed by atoms with van der Waals surface area (Å²) in [5.74, 6) is 1.90. The molecule has 0 unspecified atom stereocenters. The van der Waals surface area contributed by atoms with E-state index in [0.717, 1.165) is 59.2 Å². The van der Waals surface area contributed by atoms with E-state index in [1.807, 2.05) is 30.1 Å². The molecule has 0 aliphatic carbocycles. The van der Waals surface area contributed by atoms with Gasteiger partial charge in [0.25, 0.3) is 0 Å². The number of benzene rings is 1. The Morgan fingerprint density at radius 2 is 2.20 bits per heavy atom. The molecule has 2 aromatic heterocycles. The minimum atomic E-state index is 0.170. The van der Waals surface area contributed by atoms with Crippen LogP contribution in [0.5, 0.6) is 0 Å². The van der Waals surface area contributed by atoms with Crippen LogP contribution in [0.1, 0.15) is 47.4 Å². The normalized spacial score (nSPS) is 18.6. The van der Waals surface area contributed by atoms with Crippen LogP contribution < -0.4 is 10.6 Å². The third kappa shape index (κ3) is 3.77. The number of aromatic nitrogens is 3. The van der Waals surface area contributed by atoms with E-state index in [-0.39, 0.29) is 11.9 Å². The van der Waals surface area contributed by atoms with Crippen LogP contribution in [-0.4, -0.2) is 45.9 Å². The quantitative estimate of drug-likeness (QED) is 0.658. The molecule has 2 aliphatic rings. The lowest BCUT2D eigenvalue weighted by Gasteiger charge is -2.30. The Morgan fingerprint density at radius 3 is 3.00 bits per heavy atom. The summed E-state index contributed by atoms with van der Waals surface area (Å²) >= 11 is 1.68. The first-order valence-corrected chi connectivity index (χ1v) is 11.5. The second kappa shape index (κ2) is 8.28. The second-order valence-electron chi connectivity index (χ2n) is 7.90. The van der Waals surface area contributed by atoms with Gasteiger partial charge < -0.3 is 15.5 Å². The summed E-state index contributed by atoms with van der Waals surface area (Å²) < 4.78 is 1.18. The summed E-state index contributed by atoms with van der Waals surface area (Å²) in [6, 6.07) is 8.37. The lowest BCUT2D eigenvalue weighted by molar-refractivity contribution is -0.132. The second-order valence-corrected chi connectivity index (χ2v) is 9.01. The number of hydrogen-bond acceptors (Lipinski definition) is 7. The molecule has 5 rings (SSSR count). The van der Waals surface area contributed by atoms with Gasteiger partial charge >= 0.3 is 0 Å². The van der Waals surface area contributed by atoms with Crippen LogP contribution in [0.4, 0.5) is 5.82 Å². The molecule has 2 N–H and O–H groups in total. The molecule has 3 aromatic rings. The Kier molecular flexibility index (Phi) is 5.35. The van der Waals surface area contributed by atoms with E-state index in [1.165, 1.54) is 4.70 Å². The van der Waals surface area contributed by atoms with Crippen molar-refractivity contribution in [1.82, 2.24) is 25.2 Å². The number of fused-ring (bicyclic) bond motifs is 2. The number of rotatable bonds is 5. The minimum Gasteiger partial charge on any atom is -0.373 e. The third-order valence-electron chi connectivity index (χ3n) is 5.93. The topological polar surface area (TPSA) is 83.0 Å². The maximum atomic E-state index is 12.9.